The van der Waals surface area contributed by atoms with Gasteiger partial charge < -0.3 is 14.5 Å². The number of carbonyl (C=O) groups is 2. The third-order valence-electron chi connectivity index (χ3n) is 4.68. The van der Waals surface area contributed by atoms with E-state index in [4.69, 9.17) is 27.9 Å². The number of piperazine rings is 1. The molecule has 0 atom stereocenters. The maximum atomic E-state index is 12.6. The van der Waals surface area contributed by atoms with Gasteiger partial charge in [-0.15, -0.1) is 0 Å². The summed E-state index contributed by atoms with van der Waals surface area (Å²) in [5.41, 5.74) is 1.45. The highest BCUT2D eigenvalue weighted by Crippen LogP contribution is 2.23. The Labute approximate surface area is 174 Å². The van der Waals surface area contributed by atoms with Gasteiger partial charge >= 0.3 is 0 Å². The lowest BCUT2D eigenvalue weighted by molar-refractivity contribution is -0.131. The van der Waals surface area contributed by atoms with Crippen molar-refractivity contribution < 1.29 is 14.3 Å². The van der Waals surface area contributed by atoms with Crippen molar-refractivity contribution in [2.24, 2.45) is 0 Å². The zero-order chi connectivity index (χ0) is 20.1. The van der Waals surface area contributed by atoms with Crippen LogP contribution in [0.4, 0.5) is 0 Å². The number of carbonyl (C=O) groups excluding carboxylic acids is 2. The fourth-order valence-corrected chi connectivity index (χ4v) is 3.43. The van der Waals surface area contributed by atoms with Gasteiger partial charge in [-0.1, -0.05) is 35.3 Å². The van der Waals surface area contributed by atoms with Crippen molar-refractivity contribution in [3.05, 3.63) is 63.6 Å². The minimum absolute atomic E-state index is 0.0609. The molecule has 0 spiro atoms. The van der Waals surface area contributed by atoms with Crippen LogP contribution in [0.3, 0.4) is 0 Å². The van der Waals surface area contributed by atoms with Gasteiger partial charge in [0.1, 0.15) is 5.75 Å². The van der Waals surface area contributed by atoms with Crippen LogP contribution in [0.15, 0.2) is 42.5 Å². The Hall–Kier alpha value is -2.24. The second-order valence-corrected chi connectivity index (χ2v) is 7.37. The normalized spacial score (nSPS) is 14.1. The molecule has 7 heteroatoms. The predicted molar refractivity (Wildman–Crippen MR) is 110 cm³/mol. The predicted octanol–water partition coefficient (Wildman–Crippen LogP) is 3.92. The summed E-state index contributed by atoms with van der Waals surface area (Å²) in [5.74, 6) is 0.760. The van der Waals surface area contributed by atoms with E-state index in [1.165, 1.54) is 0 Å². The first-order chi connectivity index (χ1) is 13.5. The Morgan fingerprint density at radius 1 is 0.929 bits per heavy atom. The molecule has 0 saturated carbocycles. The molecule has 0 unspecified atom stereocenters. The zero-order valence-electron chi connectivity index (χ0n) is 15.7. The molecule has 2 aromatic carbocycles. The molecule has 2 aromatic rings. The summed E-state index contributed by atoms with van der Waals surface area (Å²) in [6.07, 6.45) is 0.340. The van der Waals surface area contributed by atoms with E-state index in [-0.39, 0.29) is 11.8 Å². The van der Waals surface area contributed by atoms with E-state index in [2.05, 4.69) is 0 Å². The van der Waals surface area contributed by atoms with Crippen LogP contribution in [-0.2, 0) is 11.2 Å². The molecule has 0 aliphatic carbocycles. The first-order valence-electron chi connectivity index (χ1n) is 9.21. The third kappa shape index (κ3) is 4.97. The van der Waals surface area contributed by atoms with Crippen molar-refractivity contribution in [2.45, 2.75) is 13.3 Å². The molecule has 0 radical (unpaired) electrons. The molecule has 0 bridgehead atoms. The average Bonchev–Trinajstić information content (AvgIpc) is 2.71. The largest absolute Gasteiger partial charge is 0.494 e. The monoisotopic (exact) mass is 420 g/mol. The van der Waals surface area contributed by atoms with E-state index in [1.54, 1.807) is 28.0 Å². The highest BCUT2D eigenvalue weighted by molar-refractivity contribution is 6.42. The van der Waals surface area contributed by atoms with Crippen LogP contribution in [0.25, 0.3) is 0 Å². The van der Waals surface area contributed by atoms with Crippen molar-refractivity contribution in [2.75, 3.05) is 32.8 Å². The molecule has 1 fully saturated rings. The molecule has 0 aromatic heterocycles. The van der Waals surface area contributed by atoms with E-state index in [0.717, 1.165) is 11.3 Å². The van der Waals surface area contributed by atoms with Gasteiger partial charge in [-0.05, 0) is 42.8 Å². The van der Waals surface area contributed by atoms with E-state index in [1.807, 2.05) is 31.2 Å². The zero-order valence-corrected chi connectivity index (χ0v) is 17.2. The number of rotatable bonds is 5. The first kappa shape index (κ1) is 20.5. The van der Waals surface area contributed by atoms with Crippen LogP contribution in [0.2, 0.25) is 10.0 Å². The molecule has 148 valence electrons. The summed E-state index contributed by atoms with van der Waals surface area (Å²) < 4.78 is 5.42. The average molecular weight is 421 g/mol. The Morgan fingerprint density at radius 2 is 1.57 bits per heavy atom. The SMILES string of the molecule is CCOc1ccc(CC(=O)N2CCN(C(=O)c3ccc(Cl)c(Cl)c3)CC2)cc1. The first-order valence-corrected chi connectivity index (χ1v) is 9.97. The second kappa shape index (κ2) is 9.30. The van der Waals surface area contributed by atoms with Crippen molar-refractivity contribution in [1.82, 2.24) is 9.80 Å². The Kier molecular flexibility index (Phi) is 6.81. The standard InChI is InChI=1S/C21H22Cl2N2O3/c1-2-28-17-6-3-15(4-7-17)13-20(26)24-9-11-25(12-10-24)21(27)16-5-8-18(22)19(23)14-16/h3-8,14H,2,9-13H2,1H3. The Bertz CT molecular complexity index is 847. The quantitative estimate of drug-likeness (QED) is 0.736. The number of benzene rings is 2. The van der Waals surface area contributed by atoms with E-state index in [0.29, 0.717) is 54.8 Å². The summed E-state index contributed by atoms with van der Waals surface area (Å²) in [7, 11) is 0. The van der Waals surface area contributed by atoms with Crippen molar-refractivity contribution in [1.29, 1.82) is 0 Å². The minimum Gasteiger partial charge on any atom is -0.494 e. The highest BCUT2D eigenvalue weighted by Gasteiger charge is 2.25. The van der Waals surface area contributed by atoms with Crippen LogP contribution >= 0.6 is 23.2 Å². The van der Waals surface area contributed by atoms with E-state index in [9.17, 15) is 9.59 Å². The molecular formula is C21H22Cl2N2O3. The van der Waals surface area contributed by atoms with Crippen LogP contribution in [0.1, 0.15) is 22.8 Å². The summed E-state index contributed by atoms with van der Waals surface area (Å²) in [4.78, 5) is 28.7. The molecular weight excluding hydrogens is 399 g/mol. The van der Waals surface area contributed by atoms with Crippen molar-refractivity contribution in [3.63, 3.8) is 0 Å². The third-order valence-corrected chi connectivity index (χ3v) is 5.41. The Morgan fingerprint density at radius 3 is 2.18 bits per heavy atom. The number of hydrogen-bond acceptors (Lipinski definition) is 3. The molecule has 1 aliphatic rings. The molecule has 5 nitrogen and oxygen atoms in total. The maximum Gasteiger partial charge on any atom is 0.254 e. The molecule has 1 saturated heterocycles. The summed E-state index contributed by atoms with van der Waals surface area (Å²) in [6.45, 7) is 4.57. The van der Waals surface area contributed by atoms with Crippen LogP contribution < -0.4 is 4.74 Å². The van der Waals surface area contributed by atoms with Gasteiger partial charge in [0, 0.05) is 31.7 Å². The van der Waals surface area contributed by atoms with Crippen molar-refractivity contribution >= 4 is 35.0 Å². The van der Waals surface area contributed by atoms with Gasteiger partial charge in [-0.2, -0.15) is 0 Å². The molecule has 1 aliphatic heterocycles. The van der Waals surface area contributed by atoms with Crippen LogP contribution in [0, 0.1) is 0 Å². The van der Waals surface area contributed by atoms with E-state index >= 15 is 0 Å². The summed E-state index contributed by atoms with van der Waals surface area (Å²) in [5, 5.41) is 0.777. The second-order valence-electron chi connectivity index (χ2n) is 6.56. The van der Waals surface area contributed by atoms with Gasteiger partial charge in [0.15, 0.2) is 0 Å². The molecule has 1 heterocycles. The van der Waals surface area contributed by atoms with Gasteiger partial charge in [0.2, 0.25) is 5.91 Å². The number of hydrogen-bond donors (Lipinski definition) is 0. The smallest absolute Gasteiger partial charge is 0.254 e. The number of amides is 2. The topological polar surface area (TPSA) is 49.9 Å². The molecule has 3 rings (SSSR count). The summed E-state index contributed by atoms with van der Waals surface area (Å²) in [6, 6.07) is 12.4. The molecule has 28 heavy (non-hydrogen) atoms. The van der Waals surface area contributed by atoms with E-state index < -0.39 is 0 Å². The van der Waals surface area contributed by atoms with Gasteiger partial charge in [0.25, 0.3) is 5.91 Å². The van der Waals surface area contributed by atoms with Crippen LogP contribution in [-0.4, -0.2) is 54.4 Å². The van der Waals surface area contributed by atoms with Crippen LogP contribution in [0.5, 0.6) is 5.75 Å². The molecule has 0 N–H and O–H groups in total. The number of ether oxygens (including phenoxy) is 1. The molecule has 2 amide bonds. The minimum atomic E-state index is -0.0998. The lowest BCUT2D eigenvalue weighted by Crippen LogP contribution is -2.51. The van der Waals surface area contributed by atoms with Gasteiger partial charge in [-0.3, -0.25) is 9.59 Å². The Balaban J connectivity index is 1.53. The highest BCUT2D eigenvalue weighted by atomic mass is 35.5. The van der Waals surface area contributed by atoms with Gasteiger partial charge in [-0.25, -0.2) is 0 Å². The van der Waals surface area contributed by atoms with Gasteiger partial charge in [0.05, 0.1) is 23.1 Å². The number of nitrogens with zero attached hydrogens (tertiary/aromatic N) is 2. The lowest BCUT2D eigenvalue weighted by atomic mass is 10.1. The summed E-state index contributed by atoms with van der Waals surface area (Å²) >= 11 is 11.9. The maximum absolute atomic E-state index is 12.6. The fourth-order valence-electron chi connectivity index (χ4n) is 3.13. The fraction of sp³-hybridized carbons (Fsp3) is 0.333. The number of halogens is 2. The lowest BCUT2D eigenvalue weighted by Gasteiger charge is -2.35. The van der Waals surface area contributed by atoms with Crippen molar-refractivity contribution in [3.8, 4) is 5.75 Å².